The van der Waals surface area contributed by atoms with Crippen LogP contribution in [0.25, 0.3) is 0 Å². The average Bonchev–Trinajstić information content (AvgIpc) is 2.33. The van der Waals surface area contributed by atoms with Gasteiger partial charge in [-0.3, -0.25) is 15.8 Å². The van der Waals surface area contributed by atoms with Gasteiger partial charge in [-0.15, -0.1) is 0 Å². The lowest BCUT2D eigenvalue weighted by molar-refractivity contribution is 0.295. The summed E-state index contributed by atoms with van der Waals surface area (Å²) < 4.78 is 1.67. The maximum atomic E-state index is 7.56. The van der Waals surface area contributed by atoms with Crippen molar-refractivity contribution < 1.29 is 0 Å². The topological polar surface area (TPSA) is 96.9 Å². The molecule has 0 bridgehead atoms. The van der Waals surface area contributed by atoms with Gasteiger partial charge in [0.25, 0.3) is 0 Å². The van der Waals surface area contributed by atoms with Crippen molar-refractivity contribution in [1.82, 2.24) is 14.6 Å². The Balaban J connectivity index is 2.50. The highest BCUT2D eigenvalue weighted by Crippen LogP contribution is 2.14. The van der Waals surface area contributed by atoms with E-state index in [0.29, 0.717) is 24.7 Å². The summed E-state index contributed by atoms with van der Waals surface area (Å²) in [7, 11) is 0. The molecule has 5 N–H and O–H groups in total. The van der Waals surface area contributed by atoms with E-state index in [1.165, 1.54) is 5.01 Å². The normalized spacial score (nSPS) is 17.9. The molecule has 0 aromatic carbocycles. The number of hydrazine groups is 1. The van der Waals surface area contributed by atoms with Gasteiger partial charge in [-0.05, 0) is 0 Å². The molecule has 0 amide bonds. The van der Waals surface area contributed by atoms with Crippen molar-refractivity contribution in [1.29, 1.82) is 5.41 Å². The standard InChI is InChI=1S/C6H10N6/c7-5-2-11(9)1-4-6(8)10-3-12(4)5/h3,7H,1-2,8-9H2. The van der Waals surface area contributed by atoms with E-state index in [-0.39, 0.29) is 0 Å². The lowest BCUT2D eigenvalue weighted by Gasteiger charge is -2.24. The molecule has 2 heterocycles. The number of nitrogens with zero attached hydrogens (tertiary/aromatic N) is 3. The van der Waals surface area contributed by atoms with Crippen LogP contribution < -0.4 is 11.6 Å². The average molecular weight is 166 g/mol. The molecule has 0 saturated carbocycles. The summed E-state index contributed by atoms with van der Waals surface area (Å²) in [4.78, 5) is 3.90. The first kappa shape index (κ1) is 7.26. The van der Waals surface area contributed by atoms with E-state index < -0.39 is 0 Å². The van der Waals surface area contributed by atoms with Gasteiger partial charge in [-0.2, -0.15) is 0 Å². The first-order valence-corrected chi connectivity index (χ1v) is 3.57. The smallest absolute Gasteiger partial charge is 0.146 e. The first-order valence-electron chi connectivity index (χ1n) is 3.57. The molecular formula is C6H10N6. The number of anilines is 1. The summed E-state index contributed by atoms with van der Waals surface area (Å²) in [6.07, 6.45) is 1.56. The van der Waals surface area contributed by atoms with Gasteiger partial charge >= 0.3 is 0 Å². The molecule has 1 aliphatic rings. The van der Waals surface area contributed by atoms with Crippen molar-refractivity contribution in [3.8, 4) is 0 Å². The summed E-state index contributed by atoms with van der Waals surface area (Å²) in [5, 5.41) is 9.10. The number of hydrogen-bond acceptors (Lipinski definition) is 5. The monoisotopic (exact) mass is 166 g/mol. The Bertz CT molecular complexity index is 327. The van der Waals surface area contributed by atoms with E-state index >= 15 is 0 Å². The number of nitrogen functional groups attached to an aromatic ring is 1. The molecule has 1 aromatic rings. The molecule has 0 saturated heterocycles. The number of hydrogen-bond donors (Lipinski definition) is 3. The van der Waals surface area contributed by atoms with Crippen LogP contribution in [0, 0.1) is 5.41 Å². The highest BCUT2D eigenvalue weighted by Gasteiger charge is 2.20. The Morgan fingerprint density at radius 2 is 2.25 bits per heavy atom. The predicted molar refractivity (Wildman–Crippen MR) is 44.4 cm³/mol. The largest absolute Gasteiger partial charge is 0.382 e. The quantitative estimate of drug-likeness (QED) is 0.430. The van der Waals surface area contributed by atoms with Crippen molar-refractivity contribution >= 4 is 11.7 Å². The predicted octanol–water partition coefficient (Wildman–Crippen LogP) is -1.02. The van der Waals surface area contributed by atoms with Crippen molar-refractivity contribution in [2.45, 2.75) is 6.54 Å². The zero-order chi connectivity index (χ0) is 8.72. The van der Waals surface area contributed by atoms with E-state index in [1.54, 1.807) is 10.9 Å². The molecule has 12 heavy (non-hydrogen) atoms. The molecule has 6 nitrogen and oxygen atoms in total. The highest BCUT2D eigenvalue weighted by atomic mass is 15.4. The van der Waals surface area contributed by atoms with E-state index in [1.807, 2.05) is 0 Å². The lowest BCUT2D eigenvalue weighted by atomic mass is 10.3. The second kappa shape index (κ2) is 2.29. The highest BCUT2D eigenvalue weighted by molar-refractivity contribution is 5.85. The maximum Gasteiger partial charge on any atom is 0.146 e. The molecule has 0 unspecified atom stereocenters. The number of fused-ring (bicyclic) bond motifs is 1. The minimum Gasteiger partial charge on any atom is -0.382 e. The summed E-state index contributed by atoms with van der Waals surface area (Å²) in [5.74, 6) is 6.42. The number of rotatable bonds is 0. The second-order valence-corrected chi connectivity index (χ2v) is 2.80. The Morgan fingerprint density at radius 3 is 3.00 bits per heavy atom. The third-order valence-electron chi connectivity index (χ3n) is 1.90. The molecule has 1 aliphatic heterocycles. The maximum absolute atomic E-state index is 7.56. The number of aromatic nitrogens is 2. The fourth-order valence-corrected chi connectivity index (χ4v) is 1.29. The van der Waals surface area contributed by atoms with Crippen LogP contribution in [0.2, 0.25) is 0 Å². The van der Waals surface area contributed by atoms with Gasteiger partial charge in [0, 0.05) is 0 Å². The molecule has 1 aromatic heterocycles. The van der Waals surface area contributed by atoms with Gasteiger partial charge in [-0.1, -0.05) is 0 Å². The van der Waals surface area contributed by atoms with Crippen molar-refractivity contribution in [2.24, 2.45) is 5.84 Å². The zero-order valence-corrected chi connectivity index (χ0v) is 6.49. The Kier molecular flexibility index (Phi) is 1.39. The van der Waals surface area contributed by atoms with Gasteiger partial charge in [0.2, 0.25) is 0 Å². The van der Waals surface area contributed by atoms with Gasteiger partial charge < -0.3 is 5.73 Å². The molecule has 0 atom stereocenters. The van der Waals surface area contributed by atoms with E-state index in [9.17, 15) is 0 Å². The van der Waals surface area contributed by atoms with Crippen molar-refractivity contribution in [3.05, 3.63) is 12.0 Å². The fraction of sp³-hybridized carbons (Fsp3) is 0.333. The first-order chi connectivity index (χ1) is 5.68. The molecule has 0 radical (unpaired) electrons. The fourth-order valence-electron chi connectivity index (χ4n) is 1.29. The van der Waals surface area contributed by atoms with Gasteiger partial charge in [0.1, 0.15) is 18.0 Å². The van der Waals surface area contributed by atoms with Crippen LogP contribution in [0.4, 0.5) is 5.82 Å². The van der Waals surface area contributed by atoms with Crippen LogP contribution in [-0.4, -0.2) is 26.9 Å². The van der Waals surface area contributed by atoms with Crippen molar-refractivity contribution in [3.63, 3.8) is 0 Å². The van der Waals surface area contributed by atoms with E-state index in [0.717, 1.165) is 5.69 Å². The van der Waals surface area contributed by atoms with Crippen LogP contribution in [0.1, 0.15) is 5.69 Å². The summed E-state index contributed by atoms with van der Waals surface area (Å²) in [6.45, 7) is 0.983. The lowest BCUT2D eigenvalue weighted by Crippen LogP contribution is -2.42. The number of nitrogens with one attached hydrogen (secondary N) is 1. The van der Waals surface area contributed by atoms with Gasteiger partial charge in [0.15, 0.2) is 0 Å². The molecule has 64 valence electrons. The third-order valence-corrected chi connectivity index (χ3v) is 1.90. The molecule has 0 spiro atoms. The summed E-state index contributed by atoms with van der Waals surface area (Å²) >= 11 is 0. The Hall–Kier alpha value is -1.40. The minimum atomic E-state index is 0.406. The number of nitrogens with two attached hydrogens (primary N) is 2. The molecule has 0 fully saturated rings. The summed E-state index contributed by atoms with van der Waals surface area (Å²) in [6, 6.07) is 0. The van der Waals surface area contributed by atoms with Crippen LogP contribution in [-0.2, 0) is 6.54 Å². The van der Waals surface area contributed by atoms with Gasteiger partial charge in [0.05, 0.1) is 18.8 Å². The van der Waals surface area contributed by atoms with E-state index in [4.69, 9.17) is 17.0 Å². The zero-order valence-electron chi connectivity index (χ0n) is 6.49. The summed E-state index contributed by atoms with van der Waals surface area (Å²) in [5.41, 5.74) is 6.37. The SMILES string of the molecule is N=C1CN(N)Cc2c(N)ncn21. The van der Waals surface area contributed by atoms with Crippen LogP contribution in [0.3, 0.4) is 0 Å². The molecule has 6 heteroatoms. The number of imidazole rings is 1. The Morgan fingerprint density at radius 1 is 1.50 bits per heavy atom. The minimum absolute atomic E-state index is 0.406. The third kappa shape index (κ3) is 0.892. The van der Waals surface area contributed by atoms with Crippen LogP contribution >= 0.6 is 0 Å². The van der Waals surface area contributed by atoms with E-state index in [2.05, 4.69) is 4.98 Å². The molecule has 2 rings (SSSR count). The molecule has 0 aliphatic carbocycles. The van der Waals surface area contributed by atoms with Gasteiger partial charge in [-0.25, -0.2) is 9.99 Å². The Labute approximate surface area is 69.3 Å². The van der Waals surface area contributed by atoms with Crippen LogP contribution in [0.15, 0.2) is 6.33 Å². The second-order valence-electron chi connectivity index (χ2n) is 2.80. The van der Waals surface area contributed by atoms with Crippen LogP contribution in [0.5, 0.6) is 0 Å². The molecular weight excluding hydrogens is 156 g/mol. The van der Waals surface area contributed by atoms with Crippen molar-refractivity contribution in [2.75, 3.05) is 12.3 Å².